The van der Waals surface area contributed by atoms with Gasteiger partial charge in [-0.15, -0.1) is 11.6 Å². The van der Waals surface area contributed by atoms with Gasteiger partial charge in [-0.05, 0) is 24.7 Å². The number of hydrogen-bond donors (Lipinski definition) is 1. The topological polar surface area (TPSA) is 46.2 Å². The molecule has 108 valence electrons. The quantitative estimate of drug-likeness (QED) is 0.791. The zero-order valence-electron chi connectivity index (χ0n) is 11.8. The second kappa shape index (κ2) is 6.10. The Morgan fingerprint density at radius 1 is 1.17 bits per heavy atom. The van der Waals surface area contributed by atoms with Crippen molar-refractivity contribution in [2.75, 3.05) is 11.6 Å². The smallest absolute Gasteiger partial charge is 0.212 e. The first-order valence-electron chi connectivity index (χ1n) is 6.76. The normalized spacial score (nSPS) is 20.9. The molecule has 0 radical (unpaired) electrons. The number of nitrogens with one attached hydrogen (secondary N) is 1. The van der Waals surface area contributed by atoms with Gasteiger partial charge in [0, 0.05) is 11.4 Å². The Morgan fingerprint density at radius 3 is 2.17 bits per heavy atom. The van der Waals surface area contributed by atoms with Crippen molar-refractivity contribution in [1.29, 1.82) is 0 Å². The highest BCUT2D eigenvalue weighted by Gasteiger charge is 2.35. The van der Waals surface area contributed by atoms with Crippen molar-refractivity contribution in [1.82, 2.24) is 4.72 Å². The van der Waals surface area contributed by atoms with Crippen molar-refractivity contribution in [2.24, 2.45) is 5.41 Å². The van der Waals surface area contributed by atoms with Gasteiger partial charge >= 0.3 is 0 Å². The van der Waals surface area contributed by atoms with Gasteiger partial charge in [-0.2, -0.15) is 0 Å². The minimum Gasteiger partial charge on any atom is -0.212 e. The first-order chi connectivity index (χ1) is 8.18. The third-order valence-electron chi connectivity index (χ3n) is 3.56. The molecule has 0 aromatic carbocycles. The van der Waals surface area contributed by atoms with E-state index in [-0.39, 0.29) is 11.2 Å². The maximum atomic E-state index is 12.1. The van der Waals surface area contributed by atoms with Gasteiger partial charge in [0.1, 0.15) is 0 Å². The molecule has 1 aliphatic rings. The number of rotatable bonds is 5. The van der Waals surface area contributed by atoms with Crippen LogP contribution in [0.5, 0.6) is 0 Å². The van der Waals surface area contributed by atoms with Gasteiger partial charge in [-0.3, -0.25) is 0 Å². The number of hydrogen-bond acceptors (Lipinski definition) is 2. The van der Waals surface area contributed by atoms with Crippen LogP contribution >= 0.6 is 11.6 Å². The van der Waals surface area contributed by atoms with Crippen LogP contribution in [0.15, 0.2) is 0 Å². The van der Waals surface area contributed by atoms with Gasteiger partial charge in [-0.25, -0.2) is 13.1 Å². The summed E-state index contributed by atoms with van der Waals surface area (Å²) in [4.78, 5) is 0. The van der Waals surface area contributed by atoms with Gasteiger partial charge < -0.3 is 0 Å². The molecule has 5 heteroatoms. The van der Waals surface area contributed by atoms with Crippen LogP contribution in [0.3, 0.4) is 0 Å². The molecule has 0 unspecified atom stereocenters. The molecule has 0 amide bonds. The lowest BCUT2D eigenvalue weighted by molar-refractivity contribution is 0.296. The van der Waals surface area contributed by atoms with E-state index in [2.05, 4.69) is 25.5 Å². The highest BCUT2D eigenvalue weighted by molar-refractivity contribution is 7.89. The Kier molecular flexibility index (Phi) is 5.51. The summed E-state index contributed by atoms with van der Waals surface area (Å²) < 4.78 is 27.2. The first kappa shape index (κ1) is 16.3. The molecule has 18 heavy (non-hydrogen) atoms. The molecule has 1 fully saturated rings. The van der Waals surface area contributed by atoms with E-state index in [1.807, 2.05) is 0 Å². The highest BCUT2D eigenvalue weighted by atomic mass is 35.5. The molecule has 0 heterocycles. The molecule has 0 aliphatic heterocycles. The maximum Gasteiger partial charge on any atom is 0.212 e. The van der Waals surface area contributed by atoms with E-state index in [0.29, 0.717) is 12.3 Å². The molecule has 1 N–H and O–H groups in total. The minimum absolute atomic E-state index is 0.0371. The molecule has 0 bridgehead atoms. The van der Waals surface area contributed by atoms with Crippen molar-refractivity contribution in [3.8, 4) is 0 Å². The molecule has 0 aromatic rings. The van der Waals surface area contributed by atoms with Crippen LogP contribution in [0, 0.1) is 5.41 Å². The summed E-state index contributed by atoms with van der Waals surface area (Å²) in [6.45, 7) is 6.17. The summed E-state index contributed by atoms with van der Waals surface area (Å²) >= 11 is 6.01. The Bertz CT molecular complexity index is 354. The number of halogens is 1. The maximum absolute atomic E-state index is 12.1. The summed E-state index contributed by atoms with van der Waals surface area (Å²) in [5.41, 5.74) is -0.355. The molecule has 3 nitrogen and oxygen atoms in total. The van der Waals surface area contributed by atoms with E-state index < -0.39 is 15.6 Å². The van der Waals surface area contributed by atoms with Crippen molar-refractivity contribution in [3.05, 3.63) is 0 Å². The van der Waals surface area contributed by atoms with E-state index >= 15 is 0 Å². The monoisotopic (exact) mass is 295 g/mol. The van der Waals surface area contributed by atoms with Crippen LogP contribution in [0.1, 0.15) is 59.3 Å². The van der Waals surface area contributed by atoms with Crippen LogP contribution < -0.4 is 4.72 Å². The Labute approximate surface area is 117 Å². The van der Waals surface area contributed by atoms with Crippen LogP contribution in [-0.2, 0) is 10.0 Å². The highest BCUT2D eigenvalue weighted by Crippen LogP contribution is 2.30. The largest absolute Gasteiger partial charge is 0.212 e. The first-order valence-corrected chi connectivity index (χ1v) is 8.94. The zero-order valence-corrected chi connectivity index (χ0v) is 13.3. The Hall–Kier alpha value is 0.200. The van der Waals surface area contributed by atoms with Crippen molar-refractivity contribution >= 4 is 21.6 Å². The Balaban J connectivity index is 2.62. The summed E-state index contributed by atoms with van der Waals surface area (Å²) in [6.07, 6.45) is 5.71. The summed E-state index contributed by atoms with van der Waals surface area (Å²) in [6, 6.07) is 0. The molecule has 0 atom stereocenters. The van der Waals surface area contributed by atoms with Crippen LogP contribution in [0.4, 0.5) is 0 Å². The van der Waals surface area contributed by atoms with E-state index in [0.717, 1.165) is 25.7 Å². The number of alkyl halides is 1. The molecule has 1 aliphatic carbocycles. The summed E-state index contributed by atoms with van der Waals surface area (Å²) in [5, 5.41) is 0. The van der Waals surface area contributed by atoms with Gasteiger partial charge in [0.15, 0.2) is 0 Å². The van der Waals surface area contributed by atoms with Gasteiger partial charge in [-0.1, -0.05) is 40.0 Å². The second-order valence-corrected chi connectivity index (χ2v) is 8.82. The molecule has 1 saturated carbocycles. The standard InChI is InChI=1S/C13H26ClNO2S/c1-12(2,3)9-10-18(16,17)15-13(11-14)7-5-4-6-8-13/h15H,4-11H2,1-3H3. The van der Waals surface area contributed by atoms with Crippen molar-refractivity contribution in [3.63, 3.8) is 0 Å². The van der Waals surface area contributed by atoms with Crippen LogP contribution in [0.2, 0.25) is 0 Å². The summed E-state index contributed by atoms with van der Waals surface area (Å²) in [7, 11) is -3.22. The van der Waals surface area contributed by atoms with Crippen molar-refractivity contribution in [2.45, 2.75) is 64.8 Å². The molecule has 0 saturated heterocycles. The second-order valence-electron chi connectivity index (χ2n) is 6.71. The van der Waals surface area contributed by atoms with Gasteiger partial charge in [0.25, 0.3) is 0 Å². The minimum atomic E-state index is -3.22. The number of sulfonamides is 1. The van der Waals surface area contributed by atoms with E-state index in [1.165, 1.54) is 6.42 Å². The summed E-state index contributed by atoms with van der Waals surface area (Å²) in [5.74, 6) is 0.566. The van der Waals surface area contributed by atoms with E-state index in [1.54, 1.807) is 0 Å². The average Bonchev–Trinajstić information content (AvgIpc) is 2.27. The third kappa shape index (κ3) is 5.45. The predicted octanol–water partition coefficient (Wildman–Crippen LogP) is 3.28. The fourth-order valence-electron chi connectivity index (χ4n) is 2.31. The third-order valence-corrected chi connectivity index (χ3v) is 5.56. The van der Waals surface area contributed by atoms with E-state index in [4.69, 9.17) is 11.6 Å². The lowest BCUT2D eigenvalue weighted by Crippen LogP contribution is -2.52. The fraction of sp³-hybridized carbons (Fsp3) is 1.00. The van der Waals surface area contributed by atoms with Crippen LogP contribution in [-0.4, -0.2) is 25.6 Å². The molecular weight excluding hydrogens is 270 g/mol. The van der Waals surface area contributed by atoms with E-state index in [9.17, 15) is 8.42 Å². The SMILES string of the molecule is CC(C)(C)CCS(=O)(=O)NC1(CCl)CCCCC1. The predicted molar refractivity (Wildman–Crippen MR) is 77.5 cm³/mol. The Morgan fingerprint density at radius 2 is 1.72 bits per heavy atom. The average molecular weight is 296 g/mol. The van der Waals surface area contributed by atoms with Crippen molar-refractivity contribution < 1.29 is 8.42 Å². The molecule has 0 aromatic heterocycles. The zero-order chi connectivity index (χ0) is 13.9. The molecular formula is C13H26ClNO2S. The van der Waals surface area contributed by atoms with Crippen LogP contribution in [0.25, 0.3) is 0 Å². The lowest BCUT2D eigenvalue weighted by atomic mass is 9.84. The molecule has 1 rings (SSSR count). The lowest BCUT2D eigenvalue weighted by Gasteiger charge is -2.36. The van der Waals surface area contributed by atoms with Gasteiger partial charge in [0.2, 0.25) is 10.0 Å². The molecule has 0 spiro atoms. The fourth-order valence-corrected chi connectivity index (χ4v) is 4.65. The van der Waals surface area contributed by atoms with Gasteiger partial charge in [0.05, 0.1) is 5.75 Å².